The lowest BCUT2D eigenvalue weighted by Gasteiger charge is -2.03. The van der Waals surface area contributed by atoms with Gasteiger partial charge >= 0.3 is 0 Å². The number of hydrogen-bond donors (Lipinski definition) is 1. The van der Waals surface area contributed by atoms with Crippen LogP contribution in [-0.4, -0.2) is 14.9 Å². The predicted octanol–water partition coefficient (Wildman–Crippen LogP) is 1.81. The molecule has 1 aromatic carbocycles. The van der Waals surface area contributed by atoms with E-state index in [9.17, 15) is 4.21 Å². The Morgan fingerprint density at radius 2 is 1.92 bits per heavy atom. The zero-order chi connectivity index (χ0) is 9.26. The highest BCUT2D eigenvalue weighted by atomic mass is 32.2. The Balaban J connectivity index is 2.08. The quantitative estimate of drug-likeness (QED) is 0.753. The fourth-order valence-electron chi connectivity index (χ4n) is 1.01. The average Bonchev–Trinajstić information content (AvgIpc) is 2.89. The Morgan fingerprint density at radius 3 is 2.38 bits per heavy atom. The van der Waals surface area contributed by atoms with E-state index in [1.54, 1.807) is 24.3 Å². The lowest BCUT2D eigenvalue weighted by atomic mass is 10.3. The molecule has 13 heavy (non-hydrogen) atoms. The van der Waals surface area contributed by atoms with E-state index in [0.29, 0.717) is 11.0 Å². The minimum atomic E-state index is -1.89. The summed E-state index contributed by atoms with van der Waals surface area (Å²) in [6.45, 7) is 0. The molecule has 0 aromatic heterocycles. The van der Waals surface area contributed by atoms with Crippen molar-refractivity contribution in [1.29, 1.82) is 0 Å². The molecule has 3 nitrogen and oxygen atoms in total. The molecule has 4 heteroatoms. The fourth-order valence-corrected chi connectivity index (χ4v) is 1.38. The fraction of sp³-hybridized carbons (Fsp3) is 0.333. The minimum Gasteiger partial charge on any atom is -0.490 e. The highest BCUT2D eigenvalue weighted by molar-refractivity contribution is 7.79. The van der Waals surface area contributed by atoms with Gasteiger partial charge in [-0.1, -0.05) is 0 Å². The molecular weight excluding hydrogens is 188 g/mol. The van der Waals surface area contributed by atoms with E-state index < -0.39 is 11.1 Å². The molecule has 1 saturated carbocycles. The summed E-state index contributed by atoms with van der Waals surface area (Å²) in [5.74, 6) is 0.775. The SMILES string of the molecule is O=S(O)c1ccc(OC2CC2)cc1. The number of ether oxygens (including phenoxy) is 1. The summed E-state index contributed by atoms with van der Waals surface area (Å²) in [6.07, 6.45) is 2.60. The molecule has 0 spiro atoms. The monoisotopic (exact) mass is 198 g/mol. The molecule has 1 aliphatic rings. The number of rotatable bonds is 3. The molecule has 1 unspecified atom stereocenters. The van der Waals surface area contributed by atoms with Gasteiger partial charge in [0.1, 0.15) is 5.75 Å². The van der Waals surface area contributed by atoms with Gasteiger partial charge in [0.05, 0.1) is 11.0 Å². The van der Waals surface area contributed by atoms with Gasteiger partial charge in [-0.3, -0.25) is 0 Å². The molecule has 2 rings (SSSR count). The van der Waals surface area contributed by atoms with Crippen LogP contribution in [0.15, 0.2) is 29.2 Å². The van der Waals surface area contributed by atoms with Gasteiger partial charge in [-0.25, -0.2) is 4.21 Å². The topological polar surface area (TPSA) is 46.5 Å². The van der Waals surface area contributed by atoms with Crippen molar-refractivity contribution in [3.8, 4) is 5.75 Å². The second-order valence-corrected chi connectivity index (χ2v) is 4.01. The largest absolute Gasteiger partial charge is 0.490 e. The molecule has 1 atom stereocenters. The van der Waals surface area contributed by atoms with Crippen molar-refractivity contribution in [2.75, 3.05) is 0 Å². The highest BCUT2D eigenvalue weighted by Gasteiger charge is 2.23. The van der Waals surface area contributed by atoms with Crippen molar-refractivity contribution >= 4 is 11.1 Å². The zero-order valence-corrected chi connectivity index (χ0v) is 7.79. The first-order chi connectivity index (χ1) is 6.25. The highest BCUT2D eigenvalue weighted by Crippen LogP contribution is 2.26. The molecule has 0 heterocycles. The van der Waals surface area contributed by atoms with Crippen molar-refractivity contribution < 1.29 is 13.5 Å². The van der Waals surface area contributed by atoms with Crippen LogP contribution < -0.4 is 4.74 Å². The van der Waals surface area contributed by atoms with E-state index in [0.717, 1.165) is 18.6 Å². The maximum absolute atomic E-state index is 10.6. The summed E-state index contributed by atoms with van der Waals surface area (Å²) in [7, 11) is 0. The zero-order valence-electron chi connectivity index (χ0n) is 6.97. The summed E-state index contributed by atoms with van der Waals surface area (Å²) in [5, 5.41) is 0. The molecule has 70 valence electrons. The van der Waals surface area contributed by atoms with Gasteiger partial charge in [0.15, 0.2) is 11.1 Å². The van der Waals surface area contributed by atoms with Crippen molar-refractivity contribution in [3.05, 3.63) is 24.3 Å². The van der Waals surface area contributed by atoms with Gasteiger partial charge in [-0.05, 0) is 37.1 Å². The van der Waals surface area contributed by atoms with Crippen molar-refractivity contribution in [2.45, 2.75) is 23.8 Å². The molecular formula is C9H10O3S. The number of benzene rings is 1. The second-order valence-electron chi connectivity index (χ2n) is 3.04. The Kier molecular flexibility index (Phi) is 2.33. The number of hydrogen-bond acceptors (Lipinski definition) is 2. The molecule has 0 radical (unpaired) electrons. The van der Waals surface area contributed by atoms with Crippen LogP contribution in [0.25, 0.3) is 0 Å². The summed E-state index contributed by atoms with van der Waals surface area (Å²) >= 11 is -1.89. The average molecular weight is 198 g/mol. The van der Waals surface area contributed by atoms with Crippen molar-refractivity contribution in [2.24, 2.45) is 0 Å². The molecule has 0 aliphatic heterocycles. The van der Waals surface area contributed by atoms with E-state index in [-0.39, 0.29) is 0 Å². The summed E-state index contributed by atoms with van der Waals surface area (Å²) in [4.78, 5) is 0.406. The van der Waals surface area contributed by atoms with Crippen LogP contribution in [0.5, 0.6) is 5.75 Å². The van der Waals surface area contributed by atoms with E-state index in [4.69, 9.17) is 9.29 Å². The first-order valence-electron chi connectivity index (χ1n) is 4.13. The smallest absolute Gasteiger partial charge is 0.186 e. The Bertz CT molecular complexity index is 316. The maximum atomic E-state index is 10.6. The molecule has 1 N–H and O–H groups in total. The molecule has 0 amide bonds. The lowest BCUT2D eigenvalue weighted by molar-refractivity contribution is 0.303. The maximum Gasteiger partial charge on any atom is 0.186 e. The van der Waals surface area contributed by atoms with Crippen LogP contribution >= 0.6 is 0 Å². The molecule has 0 saturated heterocycles. The van der Waals surface area contributed by atoms with Gasteiger partial charge in [0.2, 0.25) is 0 Å². The third kappa shape index (κ3) is 2.29. The van der Waals surface area contributed by atoms with Crippen molar-refractivity contribution in [3.63, 3.8) is 0 Å². The Morgan fingerprint density at radius 1 is 1.31 bits per heavy atom. The predicted molar refractivity (Wildman–Crippen MR) is 49.1 cm³/mol. The first-order valence-corrected chi connectivity index (χ1v) is 5.24. The molecule has 1 aliphatic carbocycles. The minimum absolute atomic E-state index is 0.366. The Hall–Kier alpha value is -0.870. The van der Waals surface area contributed by atoms with E-state index >= 15 is 0 Å². The van der Waals surface area contributed by atoms with Crippen LogP contribution in [0.1, 0.15) is 12.8 Å². The lowest BCUT2D eigenvalue weighted by Crippen LogP contribution is -1.96. The normalized spacial score (nSPS) is 18.2. The second kappa shape index (κ2) is 3.47. The van der Waals surface area contributed by atoms with Crippen LogP contribution in [0.2, 0.25) is 0 Å². The summed E-state index contributed by atoms with van der Waals surface area (Å²) in [5.41, 5.74) is 0. The van der Waals surface area contributed by atoms with Crippen LogP contribution in [0.3, 0.4) is 0 Å². The van der Waals surface area contributed by atoms with E-state index in [1.165, 1.54) is 0 Å². The molecule has 0 bridgehead atoms. The first kappa shape index (κ1) is 8.72. The summed E-state index contributed by atoms with van der Waals surface area (Å²) in [6, 6.07) is 6.66. The van der Waals surface area contributed by atoms with E-state index in [1.807, 2.05) is 0 Å². The molecule has 1 aromatic rings. The van der Waals surface area contributed by atoms with Gasteiger partial charge in [-0.2, -0.15) is 0 Å². The molecule has 1 fully saturated rings. The van der Waals surface area contributed by atoms with Gasteiger partial charge in [0.25, 0.3) is 0 Å². The van der Waals surface area contributed by atoms with Gasteiger partial charge in [-0.15, -0.1) is 0 Å². The van der Waals surface area contributed by atoms with Crippen LogP contribution in [-0.2, 0) is 11.1 Å². The van der Waals surface area contributed by atoms with Gasteiger partial charge < -0.3 is 9.29 Å². The van der Waals surface area contributed by atoms with Crippen LogP contribution in [0, 0.1) is 0 Å². The van der Waals surface area contributed by atoms with E-state index in [2.05, 4.69) is 0 Å². The standard InChI is InChI=1S/C9H10O3S/c10-13(11)9-5-3-8(4-6-9)12-7-1-2-7/h3-7H,1-2H2,(H,10,11). The summed E-state index contributed by atoms with van der Waals surface area (Å²) < 4.78 is 24.8. The van der Waals surface area contributed by atoms with Crippen LogP contribution in [0.4, 0.5) is 0 Å². The van der Waals surface area contributed by atoms with Gasteiger partial charge in [0, 0.05) is 0 Å². The third-order valence-corrected chi connectivity index (χ3v) is 2.53. The van der Waals surface area contributed by atoms with Crippen molar-refractivity contribution in [1.82, 2.24) is 0 Å². The Labute approximate surface area is 79.0 Å². The third-order valence-electron chi connectivity index (χ3n) is 1.85.